The number of rotatable bonds is 3. The predicted octanol–water partition coefficient (Wildman–Crippen LogP) is 1.01. The molecule has 5 nitrogen and oxygen atoms in total. The fourth-order valence-corrected chi connectivity index (χ4v) is 3.23. The molecule has 1 aromatic rings. The minimum atomic E-state index is -3.36. The average molecular weight is 414 g/mol. The second-order valence-corrected chi connectivity index (χ2v) is 7.61. The summed E-state index contributed by atoms with van der Waals surface area (Å²) in [6, 6.07) is 4.35. The maximum Gasteiger partial charge on any atom is 0.209 e. The Hall–Kier alpha value is -0.290. The van der Waals surface area contributed by atoms with Crippen molar-refractivity contribution in [2.75, 3.05) is 26.0 Å². The molecule has 1 aliphatic rings. The van der Waals surface area contributed by atoms with Crippen LogP contribution in [-0.4, -0.2) is 40.4 Å². The largest absolute Gasteiger partial charge is 0.370 e. The highest BCUT2D eigenvalue weighted by Crippen LogP contribution is 2.25. The Balaban J connectivity index is 2.29. The average Bonchev–Trinajstić information content (AvgIpc) is 2.56. The van der Waals surface area contributed by atoms with E-state index in [1.54, 1.807) is 12.1 Å². The molecule has 2 N–H and O–H groups in total. The van der Waals surface area contributed by atoms with Gasteiger partial charge in [0.2, 0.25) is 10.0 Å². The van der Waals surface area contributed by atoms with E-state index in [2.05, 4.69) is 10.0 Å². The standard InChI is InChI=1S/C12H16FIN2O3S/c1-20(17,18)16-11-7-15-4-5-19-12(11)8-2-3-10(14)9(13)6-8/h2-3,6,11-12,15-16H,4-5,7H2,1H3/t11-,12+/m1/s1. The lowest BCUT2D eigenvalue weighted by Crippen LogP contribution is -2.44. The van der Waals surface area contributed by atoms with E-state index < -0.39 is 22.2 Å². The lowest BCUT2D eigenvalue weighted by Gasteiger charge is -2.25. The van der Waals surface area contributed by atoms with E-state index >= 15 is 0 Å². The molecule has 8 heteroatoms. The van der Waals surface area contributed by atoms with Gasteiger partial charge in [-0.2, -0.15) is 0 Å². The van der Waals surface area contributed by atoms with Crippen molar-refractivity contribution in [3.63, 3.8) is 0 Å². The van der Waals surface area contributed by atoms with Crippen LogP contribution in [0, 0.1) is 9.39 Å². The van der Waals surface area contributed by atoms with E-state index in [1.807, 2.05) is 22.6 Å². The number of hydrogen-bond acceptors (Lipinski definition) is 4. The summed E-state index contributed by atoms with van der Waals surface area (Å²) in [5.41, 5.74) is 0.632. The van der Waals surface area contributed by atoms with E-state index in [4.69, 9.17) is 4.74 Å². The molecule has 0 spiro atoms. The van der Waals surface area contributed by atoms with Gasteiger partial charge in [0.05, 0.1) is 18.9 Å². The number of sulfonamides is 1. The van der Waals surface area contributed by atoms with E-state index in [0.717, 1.165) is 6.26 Å². The van der Waals surface area contributed by atoms with Crippen molar-refractivity contribution in [1.29, 1.82) is 0 Å². The maximum absolute atomic E-state index is 13.7. The Kier molecular flexibility index (Phi) is 5.35. The zero-order chi connectivity index (χ0) is 14.8. The van der Waals surface area contributed by atoms with Crippen LogP contribution in [0.15, 0.2) is 18.2 Å². The molecule has 0 aliphatic carbocycles. The molecule has 2 atom stereocenters. The molecule has 0 amide bonds. The third kappa shape index (κ3) is 4.35. The van der Waals surface area contributed by atoms with Gasteiger partial charge in [0.25, 0.3) is 0 Å². The molecule has 0 unspecified atom stereocenters. The minimum Gasteiger partial charge on any atom is -0.370 e. The van der Waals surface area contributed by atoms with Gasteiger partial charge in [0, 0.05) is 16.7 Å². The summed E-state index contributed by atoms with van der Waals surface area (Å²) in [6.07, 6.45) is 0.593. The van der Waals surface area contributed by atoms with Crippen LogP contribution in [-0.2, 0) is 14.8 Å². The summed E-state index contributed by atoms with van der Waals surface area (Å²) >= 11 is 1.91. The Morgan fingerprint density at radius 2 is 2.25 bits per heavy atom. The lowest BCUT2D eigenvalue weighted by molar-refractivity contribution is 0.0491. The molecule has 20 heavy (non-hydrogen) atoms. The summed E-state index contributed by atoms with van der Waals surface area (Å²) in [5, 5.41) is 3.10. The molecular weight excluding hydrogens is 398 g/mol. The van der Waals surface area contributed by atoms with Crippen molar-refractivity contribution >= 4 is 32.6 Å². The fourth-order valence-electron chi connectivity index (χ4n) is 2.14. The van der Waals surface area contributed by atoms with E-state index in [-0.39, 0.29) is 5.82 Å². The molecule has 1 aromatic carbocycles. The molecule has 1 aliphatic heterocycles. The van der Waals surface area contributed by atoms with Gasteiger partial charge >= 0.3 is 0 Å². The molecule has 0 radical (unpaired) electrons. The van der Waals surface area contributed by atoms with Crippen LogP contribution in [0.4, 0.5) is 4.39 Å². The van der Waals surface area contributed by atoms with Gasteiger partial charge in [-0.05, 0) is 40.3 Å². The third-order valence-electron chi connectivity index (χ3n) is 2.94. The molecule has 0 aromatic heterocycles. The van der Waals surface area contributed by atoms with Crippen molar-refractivity contribution in [3.8, 4) is 0 Å². The van der Waals surface area contributed by atoms with E-state index in [9.17, 15) is 12.8 Å². The number of ether oxygens (including phenoxy) is 1. The highest BCUT2D eigenvalue weighted by Gasteiger charge is 2.28. The van der Waals surface area contributed by atoms with Crippen molar-refractivity contribution in [2.45, 2.75) is 12.1 Å². The first kappa shape index (κ1) is 16.1. The maximum atomic E-state index is 13.7. The van der Waals surface area contributed by atoms with Gasteiger partial charge in [0.15, 0.2) is 0 Å². The Labute approximate surface area is 131 Å². The van der Waals surface area contributed by atoms with E-state index in [0.29, 0.717) is 28.8 Å². The number of halogens is 2. The quantitative estimate of drug-likeness (QED) is 0.725. The van der Waals surface area contributed by atoms with Gasteiger partial charge < -0.3 is 10.1 Å². The minimum absolute atomic E-state index is 0.331. The number of benzene rings is 1. The van der Waals surface area contributed by atoms with Crippen LogP contribution in [0.3, 0.4) is 0 Å². The topological polar surface area (TPSA) is 67.4 Å². The van der Waals surface area contributed by atoms with Gasteiger partial charge in [-0.25, -0.2) is 17.5 Å². The molecule has 0 bridgehead atoms. The van der Waals surface area contributed by atoms with Crippen LogP contribution < -0.4 is 10.0 Å². The molecule has 1 saturated heterocycles. The highest BCUT2D eigenvalue weighted by atomic mass is 127. The molecular formula is C12H16FIN2O3S. The fraction of sp³-hybridized carbons (Fsp3) is 0.500. The second kappa shape index (κ2) is 6.65. The first-order valence-corrected chi connectivity index (χ1v) is 9.08. The lowest BCUT2D eigenvalue weighted by atomic mass is 10.0. The van der Waals surface area contributed by atoms with Crippen molar-refractivity contribution in [1.82, 2.24) is 10.0 Å². The van der Waals surface area contributed by atoms with Crippen molar-refractivity contribution in [3.05, 3.63) is 33.1 Å². The summed E-state index contributed by atoms with van der Waals surface area (Å²) in [7, 11) is -3.36. The molecule has 1 heterocycles. The molecule has 0 saturated carbocycles. The highest BCUT2D eigenvalue weighted by molar-refractivity contribution is 14.1. The zero-order valence-electron chi connectivity index (χ0n) is 10.9. The molecule has 2 rings (SSSR count). The smallest absolute Gasteiger partial charge is 0.209 e. The summed E-state index contributed by atoms with van der Waals surface area (Å²) in [4.78, 5) is 0. The summed E-state index contributed by atoms with van der Waals surface area (Å²) in [5.74, 6) is -0.331. The van der Waals surface area contributed by atoms with Gasteiger partial charge in [-0.1, -0.05) is 6.07 Å². The SMILES string of the molecule is CS(=O)(=O)N[C@@H]1CNCCO[C@H]1c1ccc(I)c(F)c1. The van der Waals surface area contributed by atoms with Crippen molar-refractivity contribution in [2.24, 2.45) is 0 Å². The van der Waals surface area contributed by atoms with Gasteiger partial charge in [-0.3, -0.25) is 0 Å². The Bertz CT molecular complexity index is 582. The van der Waals surface area contributed by atoms with Crippen LogP contribution >= 0.6 is 22.6 Å². The third-order valence-corrected chi connectivity index (χ3v) is 4.55. The van der Waals surface area contributed by atoms with Crippen LogP contribution in [0.1, 0.15) is 11.7 Å². The Morgan fingerprint density at radius 1 is 1.50 bits per heavy atom. The first-order chi connectivity index (χ1) is 9.37. The zero-order valence-corrected chi connectivity index (χ0v) is 13.9. The summed E-state index contributed by atoms with van der Waals surface area (Å²) in [6.45, 7) is 1.51. The summed E-state index contributed by atoms with van der Waals surface area (Å²) < 4.78 is 45.3. The van der Waals surface area contributed by atoms with Crippen molar-refractivity contribution < 1.29 is 17.5 Å². The molecule has 112 valence electrons. The van der Waals surface area contributed by atoms with Gasteiger partial charge in [-0.15, -0.1) is 0 Å². The van der Waals surface area contributed by atoms with Gasteiger partial charge in [0.1, 0.15) is 11.9 Å². The van der Waals surface area contributed by atoms with Crippen LogP contribution in [0.25, 0.3) is 0 Å². The number of hydrogen-bond donors (Lipinski definition) is 2. The predicted molar refractivity (Wildman–Crippen MR) is 82.4 cm³/mol. The first-order valence-electron chi connectivity index (χ1n) is 6.11. The molecule has 1 fully saturated rings. The second-order valence-electron chi connectivity index (χ2n) is 4.67. The normalized spacial score (nSPS) is 24.4. The monoisotopic (exact) mass is 414 g/mol. The van der Waals surface area contributed by atoms with Crippen LogP contribution in [0.2, 0.25) is 0 Å². The Morgan fingerprint density at radius 3 is 2.90 bits per heavy atom. The van der Waals surface area contributed by atoms with E-state index in [1.165, 1.54) is 6.07 Å². The van der Waals surface area contributed by atoms with Crippen LogP contribution in [0.5, 0.6) is 0 Å². The number of nitrogens with one attached hydrogen (secondary N) is 2.